The van der Waals surface area contributed by atoms with E-state index in [0.29, 0.717) is 12.1 Å². The lowest BCUT2D eigenvalue weighted by molar-refractivity contribution is -0.123. The van der Waals surface area contributed by atoms with E-state index in [1.165, 1.54) is 29.8 Å². The molecule has 0 bridgehead atoms. The molecule has 160 valence electrons. The molecule has 30 heavy (non-hydrogen) atoms. The van der Waals surface area contributed by atoms with Crippen LogP contribution in [0, 0.1) is 12.8 Å². The Kier molecular flexibility index (Phi) is 6.14. The van der Waals surface area contributed by atoms with Crippen LogP contribution in [-0.2, 0) is 28.4 Å². The van der Waals surface area contributed by atoms with Crippen molar-refractivity contribution >= 4 is 27.0 Å². The minimum absolute atomic E-state index is 0.0821. The summed E-state index contributed by atoms with van der Waals surface area (Å²) in [6.45, 7) is 5.80. The van der Waals surface area contributed by atoms with Crippen LogP contribution in [-0.4, -0.2) is 24.9 Å². The second-order valence-corrected chi connectivity index (χ2v) is 9.32. The molecular weight excluding hydrogens is 406 g/mol. The third-order valence-corrected chi connectivity index (χ3v) is 6.33. The normalized spacial score (nSPS) is 13.0. The number of aromatic nitrogens is 1. The van der Waals surface area contributed by atoms with Gasteiger partial charge < -0.3 is 9.73 Å². The number of hydrogen-bond acceptors (Lipinski definition) is 5. The van der Waals surface area contributed by atoms with E-state index in [9.17, 15) is 18.0 Å². The molecule has 3 rings (SSSR count). The van der Waals surface area contributed by atoms with Crippen LogP contribution < -0.4 is 15.8 Å². The van der Waals surface area contributed by atoms with Crippen molar-refractivity contribution in [3.63, 3.8) is 0 Å². The molecule has 0 fully saturated rings. The third kappa shape index (κ3) is 4.63. The minimum Gasteiger partial charge on any atom is -0.408 e. The molecule has 0 aliphatic carbocycles. The van der Waals surface area contributed by atoms with Crippen molar-refractivity contribution in [1.82, 2.24) is 14.6 Å². The highest BCUT2D eigenvalue weighted by atomic mass is 32.2. The number of rotatable bonds is 7. The van der Waals surface area contributed by atoms with Crippen LogP contribution in [0.2, 0.25) is 0 Å². The second kappa shape index (κ2) is 8.45. The van der Waals surface area contributed by atoms with Crippen molar-refractivity contribution in [2.24, 2.45) is 13.0 Å². The molecule has 3 aromatic rings. The maximum Gasteiger partial charge on any atom is 0.419 e. The van der Waals surface area contributed by atoms with Gasteiger partial charge >= 0.3 is 5.76 Å². The Hall–Kier alpha value is -2.91. The molecule has 0 saturated heterocycles. The van der Waals surface area contributed by atoms with Gasteiger partial charge in [-0.3, -0.25) is 9.36 Å². The van der Waals surface area contributed by atoms with Gasteiger partial charge in [0, 0.05) is 19.7 Å². The maximum atomic E-state index is 12.9. The molecular formula is C21H25N3O5S. The number of amides is 1. The Morgan fingerprint density at radius 1 is 1.13 bits per heavy atom. The number of benzene rings is 2. The molecule has 2 N–H and O–H groups in total. The topological polar surface area (TPSA) is 110 Å². The van der Waals surface area contributed by atoms with E-state index in [-0.39, 0.29) is 16.4 Å². The first kappa shape index (κ1) is 21.8. The van der Waals surface area contributed by atoms with E-state index in [0.717, 1.165) is 11.1 Å². The number of hydrogen-bond donors (Lipinski definition) is 2. The number of fused-ring (bicyclic) bond motifs is 1. The van der Waals surface area contributed by atoms with Crippen LogP contribution in [0.15, 0.2) is 56.6 Å². The van der Waals surface area contributed by atoms with Crippen molar-refractivity contribution < 1.29 is 17.6 Å². The van der Waals surface area contributed by atoms with E-state index >= 15 is 0 Å². The second-order valence-electron chi connectivity index (χ2n) is 7.60. The highest BCUT2D eigenvalue weighted by Crippen LogP contribution is 2.19. The first-order chi connectivity index (χ1) is 14.1. The Morgan fingerprint density at radius 3 is 2.43 bits per heavy atom. The van der Waals surface area contributed by atoms with Gasteiger partial charge in [-0.2, -0.15) is 4.72 Å². The number of carbonyl (C=O) groups is 1. The maximum absolute atomic E-state index is 12.9. The van der Waals surface area contributed by atoms with Crippen LogP contribution in [0.1, 0.15) is 25.0 Å². The van der Waals surface area contributed by atoms with Crippen LogP contribution >= 0.6 is 0 Å². The number of sulfonamides is 1. The summed E-state index contributed by atoms with van der Waals surface area (Å²) in [6, 6.07) is 10.9. The van der Waals surface area contributed by atoms with Gasteiger partial charge in [0.15, 0.2) is 5.58 Å². The molecule has 0 saturated carbocycles. The summed E-state index contributed by atoms with van der Waals surface area (Å²) in [4.78, 5) is 24.3. The predicted molar refractivity (Wildman–Crippen MR) is 113 cm³/mol. The van der Waals surface area contributed by atoms with Gasteiger partial charge in [0.05, 0.1) is 10.4 Å². The Morgan fingerprint density at radius 2 is 1.80 bits per heavy atom. The van der Waals surface area contributed by atoms with Crippen molar-refractivity contribution in [3.05, 3.63) is 64.1 Å². The van der Waals surface area contributed by atoms with Gasteiger partial charge in [-0.15, -0.1) is 0 Å². The molecule has 2 aromatic carbocycles. The largest absolute Gasteiger partial charge is 0.419 e. The molecule has 9 heteroatoms. The fraction of sp³-hybridized carbons (Fsp3) is 0.333. The molecule has 8 nitrogen and oxygen atoms in total. The molecule has 0 radical (unpaired) electrons. The number of carbonyl (C=O) groups excluding carboxylic acids is 1. The minimum atomic E-state index is -4.02. The van der Waals surface area contributed by atoms with Gasteiger partial charge in [0.2, 0.25) is 15.9 Å². The zero-order valence-corrected chi connectivity index (χ0v) is 18.1. The monoisotopic (exact) mass is 431 g/mol. The third-order valence-electron chi connectivity index (χ3n) is 4.89. The molecule has 0 aliphatic rings. The van der Waals surface area contributed by atoms with Crippen molar-refractivity contribution in [1.29, 1.82) is 0 Å². The van der Waals surface area contributed by atoms with Gasteiger partial charge in [0.1, 0.15) is 6.04 Å². The molecule has 1 atom stereocenters. The highest BCUT2D eigenvalue weighted by molar-refractivity contribution is 7.89. The summed E-state index contributed by atoms with van der Waals surface area (Å²) < 4.78 is 34.6. The van der Waals surface area contributed by atoms with E-state index < -0.39 is 27.7 Å². The lowest BCUT2D eigenvalue weighted by Crippen LogP contribution is -2.49. The summed E-state index contributed by atoms with van der Waals surface area (Å²) >= 11 is 0. The van der Waals surface area contributed by atoms with E-state index in [4.69, 9.17) is 4.42 Å². The first-order valence-corrected chi connectivity index (χ1v) is 11.0. The molecule has 0 aliphatic heterocycles. The fourth-order valence-corrected chi connectivity index (χ4v) is 4.37. The van der Waals surface area contributed by atoms with E-state index in [1.54, 1.807) is 13.8 Å². The summed E-state index contributed by atoms with van der Waals surface area (Å²) in [5.41, 5.74) is 2.68. The lowest BCUT2D eigenvalue weighted by Gasteiger charge is -2.21. The molecule has 1 amide bonds. The lowest BCUT2D eigenvalue weighted by atomic mass is 10.0. The number of nitrogens with zero attached hydrogens (tertiary/aromatic N) is 1. The summed E-state index contributed by atoms with van der Waals surface area (Å²) in [7, 11) is -2.48. The average molecular weight is 432 g/mol. The summed E-state index contributed by atoms with van der Waals surface area (Å²) in [5, 5.41) is 2.79. The number of oxazole rings is 1. The molecule has 1 heterocycles. The fourth-order valence-electron chi connectivity index (χ4n) is 3.01. The molecule has 0 spiro atoms. The Bertz CT molecular complexity index is 1220. The smallest absolute Gasteiger partial charge is 0.408 e. The van der Waals surface area contributed by atoms with Crippen LogP contribution in [0.4, 0.5) is 0 Å². The van der Waals surface area contributed by atoms with Gasteiger partial charge in [0.25, 0.3) is 0 Å². The highest BCUT2D eigenvalue weighted by Gasteiger charge is 2.28. The van der Waals surface area contributed by atoms with E-state index in [1.807, 2.05) is 31.2 Å². The van der Waals surface area contributed by atoms with E-state index in [2.05, 4.69) is 10.0 Å². The zero-order valence-electron chi connectivity index (χ0n) is 17.3. The summed E-state index contributed by atoms with van der Waals surface area (Å²) in [6.07, 6.45) is 0. The summed E-state index contributed by atoms with van der Waals surface area (Å²) in [5.74, 6) is -1.28. The van der Waals surface area contributed by atoms with Crippen molar-refractivity contribution in [3.8, 4) is 0 Å². The van der Waals surface area contributed by atoms with Crippen LogP contribution in [0.3, 0.4) is 0 Å². The van der Waals surface area contributed by atoms with Crippen molar-refractivity contribution in [2.45, 2.75) is 38.3 Å². The van der Waals surface area contributed by atoms with Gasteiger partial charge in [-0.05, 0) is 30.5 Å². The Balaban J connectivity index is 1.78. The van der Waals surface area contributed by atoms with Crippen LogP contribution in [0.5, 0.6) is 0 Å². The molecule has 0 unspecified atom stereocenters. The average Bonchev–Trinajstić information content (AvgIpc) is 2.98. The van der Waals surface area contributed by atoms with Crippen LogP contribution in [0.25, 0.3) is 11.1 Å². The number of aryl methyl sites for hydroxylation is 2. The predicted octanol–water partition coefficient (Wildman–Crippen LogP) is 2.06. The van der Waals surface area contributed by atoms with Gasteiger partial charge in [-0.25, -0.2) is 13.2 Å². The standard InChI is InChI=1S/C21H25N3O5S/c1-13(2)19(20(25)22-12-15-7-5-14(3)6-8-15)23-30(27,28)16-9-10-17-18(11-16)29-21(26)24(17)4/h5-11,13,19,23H,12H2,1-4H3,(H,22,25)/t19-/m0/s1. The zero-order chi connectivity index (χ0) is 22.1. The number of nitrogens with one attached hydrogen (secondary N) is 2. The SMILES string of the molecule is Cc1ccc(CNC(=O)[C@@H](NS(=O)(=O)c2ccc3c(c2)oc(=O)n3C)C(C)C)cc1. The molecule has 1 aromatic heterocycles. The first-order valence-electron chi connectivity index (χ1n) is 9.53. The van der Waals surface area contributed by atoms with Crippen molar-refractivity contribution in [2.75, 3.05) is 0 Å². The quantitative estimate of drug-likeness (QED) is 0.595. The Labute approximate surface area is 174 Å². The van der Waals surface area contributed by atoms with Gasteiger partial charge in [-0.1, -0.05) is 43.7 Å².